The first-order valence-corrected chi connectivity index (χ1v) is 7.55. The van der Waals surface area contributed by atoms with E-state index in [0.29, 0.717) is 24.1 Å². The van der Waals surface area contributed by atoms with Gasteiger partial charge in [-0.25, -0.2) is 9.78 Å². The first-order chi connectivity index (χ1) is 9.04. The number of aliphatic hydroxyl groups is 1. The highest BCUT2D eigenvalue weighted by molar-refractivity contribution is 7.15. The smallest absolute Gasteiger partial charge is 0.323 e. The molecule has 1 aliphatic heterocycles. The number of likely N-dealkylation sites (tertiary alicyclic amines) is 1. The largest absolute Gasteiger partial charge is 0.391 e. The van der Waals surface area contributed by atoms with Gasteiger partial charge in [0.2, 0.25) is 0 Å². The maximum Gasteiger partial charge on any atom is 0.323 e. The van der Waals surface area contributed by atoms with Gasteiger partial charge in [-0.05, 0) is 25.2 Å². The molecule has 0 spiro atoms. The fourth-order valence-corrected chi connectivity index (χ4v) is 3.19. The molecule has 6 heteroatoms. The minimum Gasteiger partial charge on any atom is -0.391 e. The van der Waals surface area contributed by atoms with Crippen LogP contribution < -0.4 is 5.32 Å². The number of aliphatic hydroxyl groups excluding tert-OH is 1. The van der Waals surface area contributed by atoms with Crippen molar-refractivity contribution in [2.75, 3.05) is 18.4 Å². The Balaban J connectivity index is 1.89. The summed E-state index contributed by atoms with van der Waals surface area (Å²) in [5.74, 6) is 0.584. The number of piperidine rings is 1. The quantitative estimate of drug-likeness (QED) is 0.894. The van der Waals surface area contributed by atoms with E-state index in [4.69, 9.17) is 0 Å². The van der Waals surface area contributed by atoms with E-state index in [1.165, 1.54) is 16.2 Å². The highest BCUT2D eigenvalue weighted by atomic mass is 32.1. The lowest BCUT2D eigenvalue weighted by atomic mass is 10.1. The average molecular weight is 283 g/mol. The number of rotatable bonds is 3. The number of amides is 2. The molecular weight excluding hydrogens is 262 g/mol. The van der Waals surface area contributed by atoms with Crippen LogP contribution in [0, 0.1) is 5.92 Å². The highest BCUT2D eigenvalue weighted by Gasteiger charge is 2.22. The van der Waals surface area contributed by atoms with Crippen LogP contribution in [-0.4, -0.2) is 40.2 Å². The predicted octanol–water partition coefficient (Wildman–Crippen LogP) is 2.33. The highest BCUT2D eigenvalue weighted by Crippen LogP contribution is 2.21. The maximum absolute atomic E-state index is 12.0. The van der Waals surface area contributed by atoms with Crippen LogP contribution in [0.3, 0.4) is 0 Å². The van der Waals surface area contributed by atoms with Crippen LogP contribution in [0.1, 0.15) is 31.6 Å². The Morgan fingerprint density at radius 2 is 2.47 bits per heavy atom. The minimum absolute atomic E-state index is 0.163. The molecule has 1 fully saturated rings. The van der Waals surface area contributed by atoms with Crippen molar-refractivity contribution in [1.82, 2.24) is 9.88 Å². The van der Waals surface area contributed by atoms with Gasteiger partial charge in [-0.15, -0.1) is 11.3 Å². The number of carbonyl (C=O) groups excluding carboxylic acids is 1. The van der Waals surface area contributed by atoms with Gasteiger partial charge in [0, 0.05) is 24.2 Å². The lowest BCUT2D eigenvalue weighted by Gasteiger charge is -2.29. The van der Waals surface area contributed by atoms with Gasteiger partial charge in [-0.2, -0.15) is 0 Å². The van der Waals surface area contributed by atoms with Crippen LogP contribution in [0.25, 0.3) is 0 Å². The standard InChI is InChI=1S/C13H21N3O2S/c1-9(2)6-11-7-14-12(19-11)15-13(18)16-5-3-4-10(17)8-16/h7,9-10,17H,3-6,8H2,1-2H3,(H,14,15,18)/t10-/m0/s1. The zero-order valence-electron chi connectivity index (χ0n) is 11.4. The molecule has 2 rings (SSSR count). The number of hydrogen-bond donors (Lipinski definition) is 2. The molecule has 0 aromatic carbocycles. The average Bonchev–Trinajstić information content (AvgIpc) is 2.75. The van der Waals surface area contributed by atoms with Crippen molar-refractivity contribution in [2.24, 2.45) is 5.92 Å². The second-order valence-corrected chi connectivity index (χ2v) is 6.52. The molecule has 0 radical (unpaired) electrons. The lowest BCUT2D eigenvalue weighted by molar-refractivity contribution is 0.0883. The second-order valence-electron chi connectivity index (χ2n) is 5.40. The molecule has 0 unspecified atom stereocenters. The molecule has 19 heavy (non-hydrogen) atoms. The van der Waals surface area contributed by atoms with E-state index in [1.807, 2.05) is 6.20 Å². The first kappa shape index (κ1) is 14.3. The lowest BCUT2D eigenvalue weighted by Crippen LogP contribution is -2.44. The molecule has 0 aliphatic carbocycles. The van der Waals surface area contributed by atoms with Gasteiger partial charge >= 0.3 is 6.03 Å². The number of thiazole rings is 1. The van der Waals surface area contributed by atoms with Crippen molar-refractivity contribution in [2.45, 2.75) is 39.2 Å². The Bertz CT molecular complexity index is 433. The number of hydrogen-bond acceptors (Lipinski definition) is 4. The molecule has 2 heterocycles. The Hall–Kier alpha value is -1.14. The summed E-state index contributed by atoms with van der Waals surface area (Å²) in [4.78, 5) is 19.1. The summed E-state index contributed by atoms with van der Waals surface area (Å²) in [7, 11) is 0. The van der Waals surface area contributed by atoms with Crippen LogP contribution in [0.15, 0.2) is 6.20 Å². The van der Waals surface area contributed by atoms with Crippen molar-refractivity contribution in [1.29, 1.82) is 0 Å². The van der Waals surface area contributed by atoms with Crippen LogP contribution >= 0.6 is 11.3 Å². The van der Waals surface area contributed by atoms with Gasteiger partial charge in [0.25, 0.3) is 0 Å². The van der Waals surface area contributed by atoms with Gasteiger partial charge in [-0.1, -0.05) is 13.8 Å². The van der Waals surface area contributed by atoms with Gasteiger partial charge in [0.1, 0.15) is 0 Å². The predicted molar refractivity (Wildman–Crippen MR) is 76.5 cm³/mol. The Kier molecular flexibility index (Phi) is 4.76. The number of anilines is 1. The Labute approximate surface area is 117 Å². The number of nitrogens with one attached hydrogen (secondary N) is 1. The SMILES string of the molecule is CC(C)Cc1cnc(NC(=O)N2CCC[C@H](O)C2)s1. The first-order valence-electron chi connectivity index (χ1n) is 6.73. The van der Waals surface area contributed by atoms with Crippen LogP contribution in [-0.2, 0) is 6.42 Å². The summed E-state index contributed by atoms with van der Waals surface area (Å²) in [6.07, 6.45) is 4.04. The topological polar surface area (TPSA) is 65.5 Å². The van der Waals surface area contributed by atoms with Crippen molar-refractivity contribution in [3.63, 3.8) is 0 Å². The summed E-state index contributed by atoms with van der Waals surface area (Å²) < 4.78 is 0. The summed E-state index contributed by atoms with van der Waals surface area (Å²) in [5, 5.41) is 13.0. The van der Waals surface area contributed by atoms with Gasteiger partial charge in [0.15, 0.2) is 5.13 Å². The molecule has 0 saturated carbocycles. The third-order valence-electron chi connectivity index (χ3n) is 3.06. The number of carbonyl (C=O) groups is 1. The molecule has 1 aromatic rings. The molecule has 1 saturated heterocycles. The monoisotopic (exact) mass is 283 g/mol. The molecule has 0 bridgehead atoms. The third kappa shape index (κ3) is 4.18. The Morgan fingerprint density at radius 3 is 3.16 bits per heavy atom. The molecule has 5 nitrogen and oxygen atoms in total. The zero-order valence-corrected chi connectivity index (χ0v) is 12.2. The van der Waals surface area contributed by atoms with Crippen LogP contribution in [0.2, 0.25) is 0 Å². The number of nitrogens with zero attached hydrogens (tertiary/aromatic N) is 2. The summed E-state index contributed by atoms with van der Waals surface area (Å²) in [5.41, 5.74) is 0. The third-order valence-corrected chi connectivity index (χ3v) is 4.00. The molecule has 2 N–H and O–H groups in total. The summed E-state index contributed by atoms with van der Waals surface area (Å²) >= 11 is 1.52. The van der Waals surface area contributed by atoms with Crippen LogP contribution in [0.5, 0.6) is 0 Å². The fraction of sp³-hybridized carbons (Fsp3) is 0.692. The summed E-state index contributed by atoms with van der Waals surface area (Å²) in [6.45, 7) is 5.43. The van der Waals surface area contributed by atoms with Crippen molar-refractivity contribution >= 4 is 22.5 Å². The molecule has 2 amide bonds. The van der Waals surface area contributed by atoms with E-state index >= 15 is 0 Å². The molecule has 1 aliphatic rings. The normalized spacial score (nSPS) is 19.8. The van der Waals surface area contributed by atoms with E-state index in [0.717, 1.165) is 19.3 Å². The number of urea groups is 1. The fourth-order valence-electron chi connectivity index (χ4n) is 2.17. The van der Waals surface area contributed by atoms with E-state index in [-0.39, 0.29) is 6.03 Å². The van der Waals surface area contributed by atoms with Crippen molar-refractivity contribution in [3.05, 3.63) is 11.1 Å². The number of β-amino-alcohol motifs (C(OH)–C–C–N with tert-alkyl or cyclic N) is 1. The second kappa shape index (κ2) is 6.34. The van der Waals surface area contributed by atoms with Crippen molar-refractivity contribution in [3.8, 4) is 0 Å². The molecule has 1 aromatic heterocycles. The molecular formula is C13H21N3O2S. The van der Waals surface area contributed by atoms with Gasteiger partial charge in [0.05, 0.1) is 6.10 Å². The van der Waals surface area contributed by atoms with E-state index < -0.39 is 6.10 Å². The van der Waals surface area contributed by atoms with Gasteiger partial charge in [-0.3, -0.25) is 5.32 Å². The molecule has 1 atom stereocenters. The summed E-state index contributed by atoms with van der Waals surface area (Å²) in [6, 6.07) is -0.163. The van der Waals surface area contributed by atoms with E-state index in [2.05, 4.69) is 24.1 Å². The van der Waals surface area contributed by atoms with E-state index in [1.54, 1.807) is 4.90 Å². The zero-order chi connectivity index (χ0) is 13.8. The minimum atomic E-state index is -0.396. The van der Waals surface area contributed by atoms with Gasteiger partial charge < -0.3 is 10.0 Å². The number of aromatic nitrogens is 1. The van der Waals surface area contributed by atoms with E-state index in [9.17, 15) is 9.90 Å². The van der Waals surface area contributed by atoms with Crippen molar-refractivity contribution < 1.29 is 9.90 Å². The Morgan fingerprint density at radius 1 is 1.68 bits per heavy atom. The van der Waals surface area contributed by atoms with Crippen LogP contribution in [0.4, 0.5) is 9.93 Å². The molecule has 106 valence electrons. The maximum atomic E-state index is 12.0.